The summed E-state index contributed by atoms with van der Waals surface area (Å²) in [6, 6.07) is 0. The monoisotopic (exact) mass is 238 g/mol. The highest BCUT2D eigenvalue weighted by molar-refractivity contribution is 5.85. The molecule has 96 valence electrons. The fraction of sp³-hybridized carbons (Fsp3) is 0.667. The molecule has 0 spiro atoms. The first-order valence-corrected chi connectivity index (χ1v) is 6.15. The van der Waals surface area contributed by atoms with Crippen molar-refractivity contribution in [2.45, 2.75) is 45.2 Å². The molecule has 0 saturated carbocycles. The van der Waals surface area contributed by atoms with Crippen molar-refractivity contribution in [1.82, 2.24) is 14.9 Å². The molecule has 5 heteroatoms. The van der Waals surface area contributed by atoms with Gasteiger partial charge >= 0.3 is 0 Å². The van der Waals surface area contributed by atoms with Gasteiger partial charge in [-0.15, -0.1) is 0 Å². The minimum absolute atomic E-state index is 0.0480. The zero-order chi connectivity index (χ0) is 12.7. The van der Waals surface area contributed by atoms with Crippen molar-refractivity contribution in [2.24, 2.45) is 5.73 Å². The van der Waals surface area contributed by atoms with Crippen molar-refractivity contribution in [3.8, 4) is 0 Å². The van der Waals surface area contributed by atoms with E-state index in [0.29, 0.717) is 19.4 Å². The number of aryl methyl sites for hydroxylation is 1. The zero-order valence-electron chi connectivity index (χ0n) is 10.6. The van der Waals surface area contributed by atoms with Crippen molar-refractivity contribution in [2.75, 3.05) is 6.54 Å². The molecule has 1 rings (SSSR count). The van der Waals surface area contributed by atoms with Crippen LogP contribution in [0.15, 0.2) is 18.7 Å². The summed E-state index contributed by atoms with van der Waals surface area (Å²) < 4.78 is 1.99. The minimum atomic E-state index is -0.713. The number of rotatable bonds is 7. The number of nitrogens with one attached hydrogen (secondary N) is 1. The van der Waals surface area contributed by atoms with E-state index in [-0.39, 0.29) is 5.91 Å². The van der Waals surface area contributed by atoms with E-state index in [1.54, 1.807) is 12.5 Å². The molecule has 3 N–H and O–H groups in total. The summed E-state index contributed by atoms with van der Waals surface area (Å²) in [6.07, 6.45) is 7.64. The molecule has 0 saturated heterocycles. The Morgan fingerprint density at radius 1 is 1.47 bits per heavy atom. The molecule has 1 heterocycles. The van der Waals surface area contributed by atoms with Gasteiger partial charge in [-0.2, -0.15) is 0 Å². The van der Waals surface area contributed by atoms with Crippen LogP contribution in [-0.2, 0) is 11.3 Å². The summed E-state index contributed by atoms with van der Waals surface area (Å²) in [5.41, 5.74) is 5.28. The predicted molar refractivity (Wildman–Crippen MR) is 67.4 cm³/mol. The maximum atomic E-state index is 11.8. The molecule has 0 unspecified atom stereocenters. The summed E-state index contributed by atoms with van der Waals surface area (Å²) in [5.74, 6) is -0.0480. The number of hydrogen-bond acceptors (Lipinski definition) is 3. The number of carbonyl (C=O) groups is 1. The lowest BCUT2D eigenvalue weighted by atomic mass is 9.93. The molecule has 0 fully saturated rings. The van der Waals surface area contributed by atoms with Gasteiger partial charge in [0.2, 0.25) is 5.91 Å². The average Bonchev–Trinajstić information content (AvgIpc) is 2.86. The van der Waals surface area contributed by atoms with Gasteiger partial charge in [-0.25, -0.2) is 4.98 Å². The van der Waals surface area contributed by atoms with Crippen LogP contribution in [-0.4, -0.2) is 27.5 Å². The lowest BCUT2D eigenvalue weighted by Gasteiger charge is -2.25. The third-order valence-corrected chi connectivity index (χ3v) is 3.15. The third kappa shape index (κ3) is 3.85. The molecule has 1 aromatic heterocycles. The molecule has 1 amide bonds. The standard InChI is InChI=1S/C12H22N4O/c1-3-12(13,4-2)11(17)15-6-5-8-16-9-7-14-10-16/h7,9-10H,3-6,8,13H2,1-2H3,(H,15,17). The molecule has 0 atom stereocenters. The number of hydrogen-bond donors (Lipinski definition) is 2. The summed E-state index contributed by atoms with van der Waals surface area (Å²) >= 11 is 0. The number of amides is 1. The highest BCUT2D eigenvalue weighted by Crippen LogP contribution is 2.10. The quantitative estimate of drug-likeness (QED) is 0.693. The lowest BCUT2D eigenvalue weighted by molar-refractivity contribution is -0.126. The first kappa shape index (κ1) is 13.7. The van der Waals surface area contributed by atoms with Crippen LogP contribution < -0.4 is 11.1 Å². The molecular formula is C12H22N4O. The Morgan fingerprint density at radius 2 is 2.18 bits per heavy atom. The van der Waals surface area contributed by atoms with E-state index < -0.39 is 5.54 Å². The molecule has 5 nitrogen and oxygen atoms in total. The molecule has 0 radical (unpaired) electrons. The van der Waals surface area contributed by atoms with E-state index in [2.05, 4.69) is 10.3 Å². The highest BCUT2D eigenvalue weighted by Gasteiger charge is 2.29. The number of nitrogens with two attached hydrogens (primary N) is 1. The Bertz CT molecular complexity index is 330. The van der Waals surface area contributed by atoms with E-state index in [4.69, 9.17) is 5.73 Å². The predicted octanol–water partition coefficient (Wildman–Crippen LogP) is 0.907. The van der Waals surface area contributed by atoms with E-state index in [0.717, 1.165) is 13.0 Å². The zero-order valence-corrected chi connectivity index (χ0v) is 10.6. The van der Waals surface area contributed by atoms with Gasteiger partial charge in [0.15, 0.2) is 0 Å². The van der Waals surface area contributed by atoms with Crippen LogP contribution in [0.1, 0.15) is 33.1 Å². The van der Waals surface area contributed by atoms with E-state index in [1.807, 2.05) is 24.6 Å². The van der Waals surface area contributed by atoms with Crippen molar-refractivity contribution >= 4 is 5.91 Å². The van der Waals surface area contributed by atoms with Crippen LogP contribution in [0.4, 0.5) is 0 Å². The molecule has 0 aromatic carbocycles. The normalized spacial score (nSPS) is 11.5. The molecule has 0 aliphatic heterocycles. The fourth-order valence-corrected chi connectivity index (χ4v) is 1.63. The molecule has 0 aliphatic rings. The summed E-state index contributed by atoms with van der Waals surface area (Å²) in [6.45, 7) is 5.38. The topological polar surface area (TPSA) is 72.9 Å². The maximum Gasteiger partial charge on any atom is 0.240 e. The van der Waals surface area contributed by atoms with Crippen LogP contribution >= 0.6 is 0 Å². The van der Waals surface area contributed by atoms with Crippen LogP contribution in [0, 0.1) is 0 Å². The minimum Gasteiger partial charge on any atom is -0.354 e. The average molecular weight is 238 g/mol. The van der Waals surface area contributed by atoms with Crippen molar-refractivity contribution in [3.63, 3.8) is 0 Å². The molecule has 0 aliphatic carbocycles. The van der Waals surface area contributed by atoms with Gasteiger partial charge in [-0.05, 0) is 19.3 Å². The van der Waals surface area contributed by atoms with Gasteiger partial charge < -0.3 is 15.6 Å². The van der Waals surface area contributed by atoms with Crippen LogP contribution in [0.5, 0.6) is 0 Å². The van der Waals surface area contributed by atoms with Gasteiger partial charge in [0, 0.05) is 25.5 Å². The van der Waals surface area contributed by atoms with Gasteiger partial charge in [-0.3, -0.25) is 4.79 Å². The number of aromatic nitrogens is 2. The highest BCUT2D eigenvalue weighted by atomic mass is 16.2. The first-order valence-electron chi connectivity index (χ1n) is 6.15. The second kappa shape index (κ2) is 6.39. The van der Waals surface area contributed by atoms with Crippen LogP contribution in [0.25, 0.3) is 0 Å². The van der Waals surface area contributed by atoms with E-state index >= 15 is 0 Å². The van der Waals surface area contributed by atoms with E-state index in [9.17, 15) is 4.79 Å². The number of carbonyl (C=O) groups excluding carboxylic acids is 1. The lowest BCUT2D eigenvalue weighted by Crippen LogP contribution is -2.53. The number of nitrogens with zero attached hydrogens (tertiary/aromatic N) is 2. The summed E-state index contributed by atoms with van der Waals surface area (Å²) in [7, 11) is 0. The smallest absolute Gasteiger partial charge is 0.240 e. The van der Waals surface area contributed by atoms with Crippen molar-refractivity contribution < 1.29 is 4.79 Å². The molecule has 0 bridgehead atoms. The van der Waals surface area contributed by atoms with Gasteiger partial charge in [-0.1, -0.05) is 13.8 Å². The Balaban J connectivity index is 2.24. The largest absolute Gasteiger partial charge is 0.354 e. The maximum absolute atomic E-state index is 11.8. The summed E-state index contributed by atoms with van der Waals surface area (Å²) in [5, 5.41) is 2.89. The van der Waals surface area contributed by atoms with Gasteiger partial charge in [0.25, 0.3) is 0 Å². The molecular weight excluding hydrogens is 216 g/mol. The summed E-state index contributed by atoms with van der Waals surface area (Å²) in [4.78, 5) is 15.8. The Labute approximate surface area is 102 Å². The Morgan fingerprint density at radius 3 is 2.71 bits per heavy atom. The van der Waals surface area contributed by atoms with Crippen molar-refractivity contribution in [3.05, 3.63) is 18.7 Å². The van der Waals surface area contributed by atoms with Gasteiger partial charge in [0.05, 0.1) is 11.9 Å². The first-order chi connectivity index (χ1) is 8.12. The second-order valence-electron chi connectivity index (χ2n) is 4.27. The third-order valence-electron chi connectivity index (χ3n) is 3.15. The Kier molecular flexibility index (Phi) is 5.15. The second-order valence-corrected chi connectivity index (χ2v) is 4.27. The Hall–Kier alpha value is -1.36. The molecule has 17 heavy (non-hydrogen) atoms. The van der Waals surface area contributed by atoms with Gasteiger partial charge in [0.1, 0.15) is 0 Å². The van der Waals surface area contributed by atoms with Crippen molar-refractivity contribution in [1.29, 1.82) is 0 Å². The SMILES string of the molecule is CCC(N)(CC)C(=O)NCCCn1ccnc1. The fourth-order valence-electron chi connectivity index (χ4n) is 1.63. The van der Waals surface area contributed by atoms with Crippen LogP contribution in [0.2, 0.25) is 0 Å². The van der Waals surface area contributed by atoms with E-state index in [1.165, 1.54) is 0 Å². The molecule has 1 aromatic rings. The van der Waals surface area contributed by atoms with Crippen LogP contribution in [0.3, 0.4) is 0 Å². The number of imidazole rings is 1.